The van der Waals surface area contributed by atoms with Gasteiger partial charge < -0.3 is 9.64 Å². The van der Waals surface area contributed by atoms with Crippen molar-refractivity contribution in [3.63, 3.8) is 0 Å². The molecule has 55 heavy (non-hydrogen) atoms. The summed E-state index contributed by atoms with van der Waals surface area (Å²) in [4.78, 5) is 28.1. The first kappa shape index (κ1) is 49.7. The number of amides is 1. The van der Waals surface area contributed by atoms with Crippen LogP contribution < -0.4 is 0 Å². The lowest BCUT2D eigenvalue weighted by atomic mass is 9.97. The molecular weight excluding hydrogens is 783 g/mol. The third kappa shape index (κ3) is 23.5. The van der Waals surface area contributed by atoms with E-state index in [0.717, 1.165) is 109 Å². The van der Waals surface area contributed by atoms with E-state index in [1.165, 1.54) is 0 Å². The van der Waals surface area contributed by atoms with E-state index in [-0.39, 0.29) is 43.7 Å². The molecule has 2 saturated heterocycles. The Balaban J connectivity index is 2.13. The number of carbonyl (C=O) groups excluding carboxylic acids is 2. The second-order valence-electron chi connectivity index (χ2n) is 15.0. The molecule has 2 aliphatic heterocycles. The Labute approximate surface area is 330 Å². The molecule has 2 aliphatic rings. The lowest BCUT2D eigenvalue weighted by Crippen LogP contribution is -2.45. The molecule has 19 heteroatoms. The zero-order valence-electron chi connectivity index (χ0n) is 32.6. The van der Waals surface area contributed by atoms with Crippen LogP contribution >= 0.6 is 0 Å². The molecule has 5 atom stereocenters. The van der Waals surface area contributed by atoms with E-state index in [9.17, 15) is 48.5 Å². The zero-order chi connectivity index (χ0) is 40.7. The molecular formula is C36H67NO15S3. The largest absolute Gasteiger partial charge is 0.461 e. The molecule has 0 aliphatic carbocycles. The summed E-state index contributed by atoms with van der Waals surface area (Å²) in [5.41, 5.74) is 0. The summed E-state index contributed by atoms with van der Waals surface area (Å²) < 4.78 is 120. The van der Waals surface area contributed by atoms with Crippen LogP contribution in [0.4, 0.5) is 0 Å². The summed E-state index contributed by atoms with van der Waals surface area (Å²) in [6, 6.07) is -0.514. The van der Waals surface area contributed by atoms with E-state index >= 15 is 0 Å². The minimum Gasteiger partial charge on any atom is -0.461 e. The van der Waals surface area contributed by atoms with Gasteiger partial charge in [-0.2, -0.15) is 25.3 Å². The van der Waals surface area contributed by atoms with Crippen LogP contribution in [-0.4, -0.2) is 92.7 Å². The topological polar surface area (TPSA) is 237 Å². The summed E-state index contributed by atoms with van der Waals surface area (Å²) in [6.07, 6.45) is 13.0. The highest BCUT2D eigenvalue weighted by molar-refractivity contribution is 7.81. The van der Waals surface area contributed by atoms with Crippen LogP contribution in [0.3, 0.4) is 0 Å². The minimum atomic E-state index is -5.31. The fraction of sp³-hybridized carbons (Fsp3) is 0.944. The van der Waals surface area contributed by atoms with E-state index in [1.54, 1.807) is 4.90 Å². The van der Waals surface area contributed by atoms with Crippen molar-refractivity contribution in [3.8, 4) is 0 Å². The molecule has 0 unspecified atom stereocenters. The van der Waals surface area contributed by atoms with Crippen molar-refractivity contribution in [1.29, 1.82) is 0 Å². The fourth-order valence-corrected chi connectivity index (χ4v) is 9.12. The maximum atomic E-state index is 13.3. The van der Waals surface area contributed by atoms with Crippen LogP contribution in [0.25, 0.3) is 0 Å². The summed E-state index contributed by atoms with van der Waals surface area (Å²) in [5, 5.41) is 0. The number of unbranched alkanes of at least 4 members (excludes halogenated alkanes) is 1. The maximum Gasteiger partial charge on any atom is 0.397 e. The molecule has 2 heterocycles. The SMILES string of the molecule is CCCC[C@H]1CCCCCCCCC[C@H](OS(=O)(=O)O)[C@H](OS(=O)(=O)O)[C@@H](OS(=O)(=O)O)CCCCCCCCCCCCCC(=O)N2CCC[C@H]2C(=O)O1. The highest BCUT2D eigenvalue weighted by Gasteiger charge is 2.40. The fourth-order valence-electron chi connectivity index (χ4n) is 7.56. The monoisotopic (exact) mass is 849 g/mol. The quantitative estimate of drug-likeness (QED) is 0.153. The lowest BCUT2D eigenvalue weighted by molar-refractivity contribution is -0.158. The van der Waals surface area contributed by atoms with Crippen molar-refractivity contribution >= 4 is 43.1 Å². The van der Waals surface area contributed by atoms with Crippen molar-refractivity contribution in [2.75, 3.05) is 6.54 Å². The Morgan fingerprint density at radius 2 is 1.00 bits per heavy atom. The van der Waals surface area contributed by atoms with Gasteiger partial charge in [0.25, 0.3) is 0 Å². The van der Waals surface area contributed by atoms with E-state index < -0.39 is 55.6 Å². The Hall–Kier alpha value is -1.45. The van der Waals surface area contributed by atoms with Gasteiger partial charge in [-0.05, 0) is 51.4 Å². The summed E-state index contributed by atoms with van der Waals surface area (Å²) in [5.74, 6) is -0.280. The second kappa shape index (κ2) is 26.5. The molecule has 0 spiro atoms. The van der Waals surface area contributed by atoms with Gasteiger partial charge in [0.2, 0.25) is 5.91 Å². The van der Waals surface area contributed by atoms with Crippen molar-refractivity contribution in [2.45, 2.75) is 211 Å². The smallest absolute Gasteiger partial charge is 0.397 e. The number of cyclic esters (lactones) is 1. The molecule has 0 bridgehead atoms. The minimum absolute atomic E-state index is 0.0266. The first-order valence-corrected chi connectivity index (χ1v) is 24.6. The average Bonchev–Trinajstić information content (AvgIpc) is 3.58. The molecule has 324 valence electrons. The van der Waals surface area contributed by atoms with Gasteiger partial charge in [0.1, 0.15) is 30.5 Å². The van der Waals surface area contributed by atoms with Crippen LogP contribution in [0.1, 0.15) is 180 Å². The number of ether oxygens (including phenoxy) is 1. The third-order valence-electron chi connectivity index (χ3n) is 10.4. The van der Waals surface area contributed by atoms with Crippen molar-refractivity contribution in [3.05, 3.63) is 0 Å². The highest BCUT2D eigenvalue weighted by atomic mass is 32.3. The third-order valence-corrected chi connectivity index (χ3v) is 11.8. The van der Waals surface area contributed by atoms with Crippen LogP contribution in [-0.2, 0) is 58.1 Å². The van der Waals surface area contributed by atoms with Gasteiger partial charge in [-0.25, -0.2) is 17.3 Å². The molecule has 3 N–H and O–H groups in total. The van der Waals surface area contributed by atoms with Gasteiger partial charge in [0.15, 0.2) is 0 Å². The van der Waals surface area contributed by atoms with E-state index in [4.69, 9.17) is 17.3 Å². The number of nitrogens with zero attached hydrogens (tertiary/aromatic N) is 1. The van der Waals surface area contributed by atoms with Crippen LogP contribution in [0, 0.1) is 0 Å². The van der Waals surface area contributed by atoms with Gasteiger partial charge in [-0.3, -0.25) is 18.5 Å². The molecule has 1 amide bonds. The van der Waals surface area contributed by atoms with Crippen molar-refractivity contribution in [1.82, 2.24) is 4.90 Å². The average molecular weight is 850 g/mol. The Morgan fingerprint density at radius 1 is 0.582 bits per heavy atom. The number of rotatable bonds is 9. The molecule has 16 nitrogen and oxygen atoms in total. The Bertz CT molecular complexity index is 1430. The zero-order valence-corrected chi connectivity index (χ0v) is 35.0. The van der Waals surface area contributed by atoms with Gasteiger partial charge >= 0.3 is 37.2 Å². The van der Waals surface area contributed by atoms with Gasteiger partial charge in [0.05, 0.1) is 0 Å². The van der Waals surface area contributed by atoms with E-state index in [2.05, 4.69) is 6.92 Å². The van der Waals surface area contributed by atoms with Crippen LogP contribution in [0.15, 0.2) is 0 Å². The molecule has 0 aromatic carbocycles. The molecule has 2 rings (SSSR count). The number of hydrogen-bond donors (Lipinski definition) is 3. The molecule has 0 radical (unpaired) electrons. The Morgan fingerprint density at radius 3 is 1.44 bits per heavy atom. The number of carbonyl (C=O) groups is 2. The van der Waals surface area contributed by atoms with Gasteiger partial charge in [-0.1, -0.05) is 122 Å². The molecule has 2 fully saturated rings. The van der Waals surface area contributed by atoms with Crippen LogP contribution in [0.5, 0.6) is 0 Å². The summed E-state index contributed by atoms with van der Waals surface area (Å²) >= 11 is 0. The predicted octanol–water partition coefficient (Wildman–Crippen LogP) is 7.24. The second-order valence-corrected chi connectivity index (χ2v) is 18.2. The predicted molar refractivity (Wildman–Crippen MR) is 205 cm³/mol. The van der Waals surface area contributed by atoms with Crippen LogP contribution in [0.2, 0.25) is 0 Å². The Kier molecular flexibility index (Phi) is 24.0. The first-order valence-electron chi connectivity index (χ1n) is 20.5. The van der Waals surface area contributed by atoms with E-state index in [0.29, 0.717) is 45.1 Å². The maximum absolute atomic E-state index is 13.3. The van der Waals surface area contributed by atoms with Crippen molar-refractivity contribution in [2.24, 2.45) is 0 Å². The normalized spacial score (nSPS) is 27.4. The lowest BCUT2D eigenvalue weighted by Gasteiger charge is -2.30. The number of esters is 1. The first-order chi connectivity index (χ1) is 26.0. The molecule has 0 saturated carbocycles. The number of fused-ring (bicyclic) bond motifs is 1. The number of hydrogen-bond acceptors (Lipinski definition) is 12. The summed E-state index contributed by atoms with van der Waals surface area (Å²) in [6.45, 7) is 2.67. The van der Waals surface area contributed by atoms with E-state index in [1.807, 2.05) is 0 Å². The molecule has 0 aromatic heterocycles. The summed E-state index contributed by atoms with van der Waals surface area (Å²) in [7, 11) is -15.7. The highest BCUT2D eigenvalue weighted by Crippen LogP contribution is 2.27. The standard InChI is InChI=1S/C36H67NO15S3/c1-2-3-23-30-24-18-14-10-9-12-16-20-27-33(51-54(43,44)45)35(52-55(46,47)48)32(50-53(40,41)42)26-19-15-11-7-5-4-6-8-13-17-21-28-34(38)37-29-22-25-31(37)36(39)49-30/h30-33,35H,2-29H2,1H3,(H,40,41,42)(H,43,44,45)(H,46,47,48)/t30-,31-,32-,33-,35+/m0/s1. The van der Waals surface area contributed by atoms with Crippen molar-refractivity contribution < 1.29 is 65.8 Å². The van der Waals surface area contributed by atoms with Gasteiger partial charge in [0, 0.05) is 13.0 Å². The molecule has 0 aromatic rings. The van der Waals surface area contributed by atoms with Gasteiger partial charge in [-0.15, -0.1) is 0 Å².